The number of halogens is 1. The summed E-state index contributed by atoms with van der Waals surface area (Å²) in [7, 11) is 1.55. The lowest BCUT2D eigenvalue weighted by Crippen LogP contribution is -2.32. The van der Waals surface area contributed by atoms with E-state index in [2.05, 4.69) is 10.6 Å². The third-order valence-electron chi connectivity index (χ3n) is 3.87. The van der Waals surface area contributed by atoms with Gasteiger partial charge in [0.2, 0.25) is 5.91 Å². The predicted octanol–water partition coefficient (Wildman–Crippen LogP) is 4.88. The molecule has 1 atom stereocenters. The number of carbonyl (C=O) groups is 1. The first kappa shape index (κ1) is 18.5. The molecule has 0 fully saturated rings. The third kappa shape index (κ3) is 4.64. The number of anilines is 1. The summed E-state index contributed by atoms with van der Waals surface area (Å²) in [6, 6.07) is 18.4. The zero-order valence-electron chi connectivity index (χ0n) is 14.2. The van der Waals surface area contributed by atoms with Crippen LogP contribution in [0, 0.1) is 0 Å². The van der Waals surface area contributed by atoms with E-state index in [1.54, 1.807) is 36.6 Å². The fourth-order valence-electron chi connectivity index (χ4n) is 2.58. The summed E-state index contributed by atoms with van der Waals surface area (Å²) in [6.07, 6.45) is 0. The fraction of sp³-hybridized carbons (Fsp3) is 0.150. The van der Waals surface area contributed by atoms with Crippen LogP contribution in [0.1, 0.15) is 16.5 Å². The summed E-state index contributed by atoms with van der Waals surface area (Å²) in [5.74, 6) is 0.425. The maximum Gasteiger partial charge on any atom is 0.246 e. The monoisotopic (exact) mass is 386 g/mol. The molecule has 0 spiro atoms. The van der Waals surface area contributed by atoms with Crippen LogP contribution in [0.15, 0.2) is 66.0 Å². The Labute approximate surface area is 161 Å². The highest BCUT2D eigenvalue weighted by atomic mass is 35.5. The van der Waals surface area contributed by atoms with E-state index in [1.807, 2.05) is 47.8 Å². The Balaban J connectivity index is 1.76. The van der Waals surface area contributed by atoms with Crippen LogP contribution in [0.25, 0.3) is 0 Å². The van der Waals surface area contributed by atoms with Gasteiger partial charge in [0.15, 0.2) is 0 Å². The number of benzene rings is 2. The number of amides is 1. The van der Waals surface area contributed by atoms with Crippen molar-refractivity contribution in [2.24, 2.45) is 0 Å². The van der Waals surface area contributed by atoms with Crippen molar-refractivity contribution in [1.82, 2.24) is 5.32 Å². The minimum absolute atomic E-state index is 0.144. The van der Waals surface area contributed by atoms with Gasteiger partial charge in [0.25, 0.3) is 0 Å². The average Bonchev–Trinajstić information content (AvgIpc) is 3.16. The molecule has 0 aliphatic rings. The number of methoxy groups -OCH3 is 1. The van der Waals surface area contributed by atoms with Gasteiger partial charge >= 0.3 is 0 Å². The van der Waals surface area contributed by atoms with Gasteiger partial charge in [-0.15, -0.1) is 11.3 Å². The summed E-state index contributed by atoms with van der Waals surface area (Å²) >= 11 is 7.80. The lowest BCUT2D eigenvalue weighted by atomic mass is 10.1. The highest BCUT2D eigenvalue weighted by Gasteiger charge is 2.20. The second kappa shape index (κ2) is 8.85. The Morgan fingerprint density at radius 2 is 1.96 bits per heavy atom. The largest absolute Gasteiger partial charge is 0.495 e. The molecule has 0 aliphatic heterocycles. The second-order valence-electron chi connectivity index (χ2n) is 5.64. The van der Waals surface area contributed by atoms with Gasteiger partial charge in [-0.25, -0.2) is 0 Å². The van der Waals surface area contributed by atoms with Crippen LogP contribution in [-0.2, 0) is 11.3 Å². The average molecular weight is 387 g/mol. The Morgan fingerprint density at radius 3 is 2.62 bits per heavy atom. The Bertz CT molecular complexity index is 854. The molecule has 2 aromatic carbocycles. The first-order chi connectivity index (χ1) is 12.7. The molecule has 3 aromatic rings. The maximum atomic E-state index is 12.9. The van der Waals surface area contributed by atoms with Gasteiger partial charge < -0.3 is 10.1 Å². The first-order valence-corrected chi connectivity index (χ1v) is 9.38. The Kier molecular flexibility index (Phi) is 6.28. The van der Waals surface area contributed by atoms with E-state index in [0.29, 0.717) is 23.0 Å². The normalized spacial score (nSPS) is 11.8. The van der Waals surface area contributed by atoms with E-state index in [9.17, 15) is 4.79 Å². The summed E-state index contributed by atoms with van der Waals surface area (Å²) in [4.78, 5) is 14.1. The minimum atomic E-state index is -0.473. The number of thiophene rings is 1. The molecule has 26 heavy (non-hydrogen) atoms. The molecular weight excluding hydrogens is 368 g/mol. The topological polar surface area (TPSA) is 50.4 Å². The number of rotatable bonds is 7. The van der Waals surface area contributed by atoms with E-state index >= 15 is 0 Å². The fourth-order valence-corrected chi connectivity index (χ4v) is 3.50. The number of ether oxygens (including phenoxy) is 1. The van der Waals surface area contributed by atoms with Crippen molar-refractivity contribution in [1.29, 1.82) is 0 Å². The Morgan fingerprint density at radius 1 is 1.15 bits per heavy atom. The van der Waals surface area contributed by atoms with Crippen molar-refractivity contribution >= 4 is 34.5 Å². The number of hydrogen-bond donors (Lipinski definition) is 2. The predicted molar refractivity (Wildman–Crippen MR) is 107 cm³/mol. The zero-order valence-corrected chi connectivity index (χ0v) is 15.8. The van der Waals surface area contributed by atoms with Crippen molar-refractivity contribution in [2.45, 2.75) is 12.6 Å². The highest BCUT2D eigenvalue weighted by Crippen LogP contribution is 2.28. The smallest absolute Gasteiger partial charge is 0.246 e. The first-order valence-electron chi connectivity index (χ1n) is 8.12. The summed E-state index contributed by atoms with van der Waals surface area (Å²) < 4.78 is 5.15. The van der Waals surface area contributed by atoms with Crippen LogP contribution in [0.2, 0.25) is 5.02 Å². The molecule has 1 heterocycles. The molecule has 2 N–H and O–H groups in total. The third-order valence-corrected chi connectivity index (χ3v) is 5.05. The molecule has 4 nitrogen and oxygen atoms in total. The van der Waals surface area contributed by atoms with Crippen LogP contribution in [0.3, 0.4) is 0 Å². The highest BCUT2D eigenvalue weighted by molar-refractivity contribution is 7.09. The van der Waals surface area contributed by atoms with E-state index in [0.717, 1.165) is 5.56 Å². The molecule has 6 heteroatoms. The van der Waals surface area contributed by atoms with Crippen molar-refractivity contribution in [3.05, 3.63) is 81.5 Å². The number of hydrogen-bond acceptors (Lipinski definition) is 4. The van der Waals surface area contributed by atoms with E-state index < -0.39 is 6.04 Å². The van der Waals surface area contributed by atoms with Gasteiger partial charge in [-0.1, -0.05) is 48.0 Å². The summed E-state index contributed by atoms with van der Waals surface area (Å²) in [5, 5.41) is 8.73. The molecule has 0 aliphatic carbocycles. The van der Waals surface area contributed by atoms with Crippen molar-refractivity contribution < 1.29 is 9.53 Å². The van der Waals surface area contributed by atoms with Crippen LogP contribution >= 0.6 is 22.9 Å². The van der Waals surface area contributed by atoms with Crippen LogP contribution in [-0.4, -0.2) is 13.0 Å². The van der Waals surface area contributed by atoms with E-state index in [4.69, 9.17) is 16.3 Å². The van der Waals surface area contributed by atoms with Gasteiger partial charge in [-0.05, 0) is 35.2 Å². The van der Waals surface area contributed by atoms with Gasteiger partial charge in [0.1, 0.15) is 11.8 Å². The van der Waals surface area contributed by atoms with Crippen LogP contribution in [0.4, 0.5) is 5.69 Å². The standard InChI is InChI=1S/C20H19ClN2O2S/c1-25-18-10-9-15(12-17(18)21)23-20(24)19(14-6-3-2-4-7-14)22-13-16-8-5-11-26-16/h2-12,19,22H,13H2,1H3,(H,23,24)/t19-/m0/s1. The lowest BCUT2D eigenvalue weighted by Gasteiger charge is -2.19. The molecule has 0 saturated heterocycles. The molecular formula is C20H19ClN2O2S. The molecule has 134 valence electrons. The quantitative estimate of drug-likeness (QED) is 0.608. The summed E-state index contributed by atoms with van der Waals surface area (Å²) in [5.41, 5.74) is 1.53. The van der Waals surface area contributed by atoms with Gasteiger partial charge in [-0.2, -0.15) is 0 Å². The van der Waals surface area contributed by atoms with E-state index in [1.165, 1.54) is 4.88 Å². The van der Waals surface area contributed by atoms with Crippen molar-refractivity contribution in [2.75, 3.05) is 12.4 Å². The Hall–Kier alpha value is -2.34. The van der Waals surface area contributed by atoms with Crippen LogP contribution in [0.5, 0.6) is 5.75 Å². The molecule has 0 bridgehead atoms. The van der Waals surface area contributed by atoms with Crippen molar-refractivity contribution in [3.63, 3.8) is 0 Å². The molecule has 3 rings (SSSR count). The SMILES string of the molecule is COc1ccc(NC(=O)[C@@H](NCc2cccs2)c2ccccc2)cc1Cl. The van der Waals surface area contributed by atoms with Gasteiger partial charge in [0.05, 0.1) is 12.1 Å². The summed E-state index contributed by atoms with van der Waals surface area (Å²) in [6.45, 7) is 0.619. The minimum Gasteiger partial charge on any atom is -0.495 e. The number of carbonyl (C=O) groups excluding carboxylic acids is 1. The maximum absolute atomic E-state index is 12.9. The second-order valence-corrected chi connectivity index (χ2v) is 7.08. The molecule has 0 radical (unpaired) electrons. The van der Waals surface area contributed by atoms with Gasteiger partial charge in [0, 0.05) is 17.1 Å². The molecule has 0 saturated carbocycles. The molecule has 1 amide bonds. The van der Waals surface area contributed by atoms with Gasteiger partial charge in [-0.3, -0.25) is 10.1 Å². The molecule has 0 unspecified atom stereocenters. The zero-order chi connectivity index (χ0) is 18.4. The molecule has 1 aromatic heterocycles. The van der Waals surface area contributed by atoms with Crippen molar-refractivity contribution in [3.8, 4) is 5.75 Å². The van der Waals surface area contributed by atoms with Crippen LogP contribution < -0.4 is 15.4 Å². The number of nitrogens with one attached hydrogen (secondary N) is 2. The lowest BCUT2D eigenvalue weighted by molar-refractivity contribution is -0.118. The van der Waals surface area contributed by atoms with E-state index in [-0.39, 0.29) is 5.91 Å².